The molecule has 0 aliphatic heterocycles. The summed E-state index contributed by atoms with van der Waals surface area (Å²) >= 11 is 0. The zero-order valence-corrected chi connectivity index (χ0v) is 12.8. The third-order valence-corrected chi connectivity index (χ3v) is 3.56. The smallest absolute Gasteiger partial charge is 0.131 e. The first-order chi connectivity index (χ1) is 10.2. The maximum Gasteiger partial charge on any atom is 0.131 e. The molecule has 1 aromatic heterocycles. The van der Waals surface area contributed by atoms with Crippen LogP contribution in [0.15, 0.2) is 30.6 Å². The standard InChI is InChI=1S/C16H22FN3O/c1-4-18-15(11-16-19-8-9-20(16)5-2)13-7-6-12(21-3)10-14(13)17/h6-10,15,18H,4-5,11H2,1-3H3. The van der Waals surface area contributed by atoms with E-state index in [-0.39, 0.29) is 11.9 Å². The molecule has 1 aromatic carbocycles. The molecule has 0 amide bonds. The van der Waals surface area contributed by atoms with Crippen molar-refractivity contribution in [2.45, 2.75) is 32.9 Å². The molecule has 1 N–H and O–H groups in total. The Morgan fingerprint density at radius 3 is 2.81 bits per heavy atom. The second-order valence-corrected chi connectivity index (χ2v) is 4.83. The average molecular weight is 291 g/mol. The van der Waals surface area contributed by atoms with Gasteiger partial charge in [0.2, 0.25) is 0 Å². The summed E-state index contributed by atoms with van der Waals surface area (Å²) < 4.78 is 21.4. The summed E-state index contributed by atoms with van der Waals surface area (Å²) in [6.07, 6.45) is 4.38. The van der Waals surface area contributed by atoms with Crippen LogP contribution < -0.4 is 10.1 Å². The van der Waals surface area contributed by atoms with Crippen LogP contribution in [0.25, 0.3) is 0 Å². The maximum absolute atomic E-state index is 14.3. The van der Waals surface area contributed by atoms with Gasteiger partial charge < -0.3 is 14.6 Å². The minimum atomic E-state index is -0.255. The molecule has 0 spiro atoms. The van der Waals surface area contributed by atoms with Gasteiger partial charge in [0.25, 0.3) is 0 Å². The molecule has 4 nitrogen and oxygen atoms in total. The molecular weight excluding hydrogens is 269 g/mol. The molecule has 0 saturated carbocycles. The van der Waals surface area contributed by atoms with Crippen LogP contribution in [0.2, 0.25) is 0 Å². The van der Waals surface area contributed by atoms with E-state index in [2.05, 4.69) is 21.8 Å². The highest BCUT2D eigenvalue weighted by atomic mass is 19.1. The number of aryl methyl sites for hydroxylation is 1. The van der Waals surface area contributed by atoms with Gasteiger partial charge in [0.05, 0.1) is 7.11 Å². The van der Waals surface area contributed by atoms with Crippen LogP contribution in [0.4, 0.5) is 4.39 Å². The highest BCUT2D eigenvalue weighted by molar-refractivity contribution is 5.31. The van der Waals surface area contributed by atoms with Gasteiger partial charge in [0.15, 0.2) is 0 Å². The molecule has 2 rings (SSSR count). The molecule has 0 fully saturated rings. The van der Waals surface area contributed by atoms with Crippen LogP contribution >= 0.6 is 0 Å². The second-order valence-electron chi connectivity index (χ2n) is 4.83. The average Bonchev–Trinajstić information content (AvgIpc) is 2.94. The van der Waals surface area contributed by atoms with Crippen molar-refractivity contribution >= 4 is 0 Å². The molecule has 0 aliphatic carbocycles. The van der Waals surface area contributed by atoms with E-state index in [4.69, 9.17) is 4.74 Å². The monoisotopic (exact) mass is 291 g/mol. The van der Waals surface area contributed by atoms with Crippen molar-refractivity contribution in [3.8, 4) is 5.75 Å². The van der Waals surface area contributed by atoms with Gasteiger partial charge in [-0.15, -0.1) is 0 Å². The van der Waals surface area contributed by atoms with Crippen molar-refractivity contribution in [3.63, 3.8) is 0 Å². The van der Waals surface area contributed by atoms with E-state index >= 15 is 0 Å². The van der Waals surface area contributed by atoms with Gasteiger partial charge in [0.1, 0.15) is 17.4 Å². The number of hydrogen-bond acceptors (Lipinski definition) is 3. The zero-order valence-electron chi connectivity index (χ0n) is 12.8. The molecule has 0 radical (unpaired) electrons. The van der Waals surface area contributed by atoms with Crippen LogP contribution in [-0.2, 0) is 13.0 Å². The molecule has 1 atom stereocenters. The molecule has 0 saturated heterocycles. The van der Waals surface area contributed by atoms with Gasteiger partial charge in [-0.2, -0.15) is 0 Å². The van der Waals surface area contributed by atoms with Crippen LogP contribution in [0.5, 0.6) is 5.75 Å². The van der Waals surface area contributed by atoms with E-state index in [1.807, 2.05) is 13.1 Å². The number of benzene rings is 1. The first-order valence-corrected chi connectivity index (χ1v) is 7.26. The van der Waals surface area contributed by atoms with Crippen LogP contribution in [0, 0.1) is 5.82 Å². The summed E-state index contributed by atoms with van der Waals surface area (Å²) in [5, 5.41) is 3.33. The van der Waals surface area contributed by atoms with Crippen molar-refractivity contribution in [3.05, 3.63) is 47.8 Å². The summed E-state index contributed by atoms with van der Waals surface area (Å²) in [6.45, 7) is 5.71. The highest BCUT2D eigenvalue weighted by Gasteiger charge is 2.18. The number of methoxy groups -OCH3 is 1. The van der Waals surface area contributed by atoms with E-state index in [1.54, 1.807) is 18.3 Å². The van der Waals surface area contributed by atoms with Crippen LogP contribution in [-0.4, -0.2) is 23.2 Å². The SMILES string of the molecule is CCNC(Cc1nccn1CC)c1ccc(OC)cc1F. The Bertz CT molecular complexity index is 583. The summed E-state index contributed by atoms with van der Waals surface area (Å²) in [4.78, 5) is 4.37. The van der Waals surface area contributed by atoms with Gasteiger partial charge >= 0.3 is 0 Å². The van der Waals surface area contributed by atoms with Crippen molar-refractivity contribution in [1.29, 1.82) is 0 Å². The Labute approximate surface area is 125 Å². The molecule has 1 heterocycles. The Balaban J connectivity index is 2.26. The number of nitrogens with one attached hydrogen (secondary N) is 1. The lowest BCUT2D eigenvalue weighted by Crippen LogP contribution is -2.25. The Morgan fingerprint density at radius 1 is 1.38 bits per heavy atom. The van der Waals surface area contributed by atoms with Crippen molar-refractivity contribution < 1.29 is 9.13 Å². The Hall–Kier alpha value is -1.88. The highest BCUT2D eigenvalue weighted by Crippen LogP contribution is 2.24. The van der Waals surface area contributed by atoms with Gasteiger partial charge in [-0.1, -0.05) is 13.0 Å². The summed E-state index contributed by atoms with van der Waals surface area (Å²) in [5.41, 5.74) is 0.642. The van der Waals surface area contributed by atoms with Crippen molar-refractivity contribution in [2.24, 2.45) is 0 Å². The summed E-state index contributed by atoms with van der Waals surface area (Å²) in [6, 6.07) is 4.88. The van der Waals surface area contributed by atoms with Gasteiger partial charge in [-0.05, 0) is 19.5 Å². The molecule has 2 aromatic rings. The predicted molar refractivity (Wildman–Crippen MR) is 81.0 cm³/mol. The third kappa shape index (κ3) is 3.61. The van der Waals surface area contributed by atoms with E-state index < -0.39 is 0 Å². The second kappa shape index (κ2) is 7.22. The van der Waals surface area contributed by atoms with E-state index in [0.29, 0.717) is 17.7 Å². The quantitative estimate of drug-likeness (QED) is 0.852. The Morgan fingerprint density at radius 2 is 2.19 bits per heavy atom. The third-order valence-electron chi connectivity index (χ3n) is 3.56. The molecule has 1 unspecified atom stereocenters. The van der Waals surface area contributed by atoms with Crippen LogP contribution in [0.3, 0.4) is 0 Å². The lowest BCUT2D eigenvalue weighted by molar-refractivity contribution is 0.408. The number of aromatic nitrogens is 2. The van der Waals surface area contributed by atoms with E-state index in [0.717, 1.165) is 18.9 Å². The number of hydrogen-bond donors (Lipinski definition) is 1. The topological polar surface area (TPSA) is 39.1 Å². The lowest BCUT2D eigenvalue weighted by Gasteiger charge is -2.19. The summed E-state index contributed by atoms with van der Waals surface area (Å²) in [7, 11) is 1.54. The van der Waals surface area contributed by atoms with Crippen molar-refractivity contribution in [1.82, 2.24) is 14.9 Å². The molecule has 21 heavy (non-hydrogen) atoms. The van der Waals surface area contributed by atoms with Gasteiger partial charge in [0, 0.05) is 43.0 Å². The molecule has 0 aliphatic rings. The Kier molecular flexibility index (Phi) is 5.33. The number of ether oxygens (including phenoxy) is 1. The fourth-order valence-corrected chi connectivity index (χ4v) is 2.46. The number of nitrogens with zero attached hydrogens (tertiary/aromatic N) is 2. The normalized spacial score (nSPS) is 12.4. The number of rotatable bonds is 7. The first-order valence-electron chi connectivity index (χ1n) is 7.26. The lowest BCUT2D eigenvalue weighted by atomic mass is 10.0. The number of likely N-dealkylation sites (N-methyl/N-ethyl adjacent to an activating group) is 1. The fourth-order valence-electron chi connectivity index (χ4n) is 2.46. The van der Waals surface area contributed by atoms with Crippen molar-refractivity contribution in [2.75, 3.05) is 13.7 Å². The number of halogens is 1. The molecular formula is C16H22FN3O. The molecule has 114 valence electrons. The predicted octanol–water partition coefficient (Wildman–Crippen LogP) is 2.94. The fraction of sp³-hybridized carbons (Fsp3) is 0.438. The van der Waals surface area contributed by atoms with Crippen LogP contribution in [0.1, 0.15) is 31.3 Å². The van der Waals surface area contributed by atoms with E-state index in [9.17, 15) is 4.39 Å². The first kappa shape index (κ1) is 15.5. The van der Waals surface area contributed by atoms with E-state index in [1.165, 1.54) is 13.2 Å². The minimum Gasteiger partial charge on any atom is -0.497 e. The number of imidazole rings is 1. The summed E-state index contributed by atoms with van der Waals surface area (Å²) in [5.74, 6) is 1.23. The molecule has 0 bridgehead atoms. The minimum absolute atomic E-state index is 0.103. The van der Waals surface area contributed by atoms with Gasteiger partial charge in [-0.25, -0.2) is 9.37 Å². The zero-order chi connectivity index (χ0) is 15.2. The molecule has 5 heteroatoms. The maximum atomic E-state index is 14.3. The van der Waals surface area contributed by atoms with Gasteiger partial charge in [-0.3, -0.25) is 0 Å². The largest absolute Gasteiger partial charge is 0.497 e.